The Kier molecular flexibility index (Phi) is 3.64. The lowest BCUT2D eigenvalue weighted by Crippen LogP contribution is -1.88. The first-order valence-corrected chi connectivity index (χ1v) is 5.69. The minimum absolute atomic E-state index is 0.442. The maximum atomic E-state index is 8.95. The molecule has 3 heteroatoms. The Morgan fingerprint density at radius 3 is 2.71 bits per heavy atom. The van der Waals surface area contributed by atoms with Gasteiger partial charge in [-0.3, -0.25) is 0 Å². The van der Waals surface area contributed by atoms with Crippen molar-refractivity contribution in [2.75, 3.05) is 0 Å². The molecule has 0 N–H and O–H groups in total. The van der Waals surface area contributed by atoms with Gasteiger partial charge in [0.05, 0.1) is 5.56 Å². The number of ether oxygens (including phenoxy) is 1. The van der Waals surface area contributed by atoms with Gasteiger partial charge in [0.15, 0.2) is 0 Å². The molecular formula is C14H10ClNO. The molecule has 0 radical (unpaired) electrons. The minimum Gasteiger partial charge on any atom is -0.456 e. The highest BCUT2D eigenvalue weighted by Gasteiger charge is 2.03. The lowest BCUT2D eigenvalue weighted by atomic mass is 10.2. The average Bonchev–Trinajstić information content (AvgIpc) is 2.39. The lowest BCUT2D eigenvalue weighted by Gasteiger charge is -2.07. The SMILES string of the molecule is N#Cc1ccccc1Oc1cccc(CCl)c1. The van der Waals surface area contributed by atoms with Crippen molar-refractivity contribution in [3.63, 3.8) is 0 Å². The maximum Gasteiger partial charge on any atom is 0.145 e. The summed E-state index contributed by atoms with van der Waals surface area (Å²) in [5, 5.41) is 8.95. The van der Waals surface area contributed by atoms with Crippen molar-refractivity contribution in [3.8, 4) is 17.6 Å². The molecule has 0 aromatic heterocycles. The molecule has 0 bridgehead atoms. The Hall–Kier alpha value is -1.98. The van der Waals surface area contributed by atoms with Gasteiger partial charge in [0.2, 0.25) is 0 Å². The third kappa shape index (κ3) is 2.77. The second-order valence-electron chi connectivity index (χ2n) is 3.49. The number of halogens is 1. The summed E-state index contributed by atoms with van der Waals surface area (Å²) >= 11 is 5.75. The molecule has 2 aromatic rings. The number of rotatable bonds is 3. The molecule has 2 rings (SSSR count). The van der Waals surface area contributed by atoms with Gasteiger partial charge in [-0.05, 0) is 29.8 Å². The highest BCUT2D eigenvalue weighted by atomic mass is 35.5. The molecule has 0 aliphatic rings. The number of benzene rings is 2. The van der Waals surface area contributed by atoms with Crippen LogP contribution in [-0.4, -0.2) is 0 Å². The summed E-state index contributed by atoms with van der Waals surface area (Å²) in [6, 6.07) is 16.7. The Morgan fingerprint density at radius 1 is 1.12 bits per heavy atom. The van der Waals surface area contributed by atoms with Gasteiger partial charge >= 0.3 is 0 Å². The standard InChI is InChI=1S/C14H10ClNO/c15-9-11-4-3-6-13(8-11)17-14-7-2-1-5-12(14)10-16/h1-8H,9H2. The van der Waals surface area contributed by atoms with Crippen molar-refractivity contribution in [3.05, 3.63) is 59.7 Å². The van der Waals surface area contributed by atoms with Gasteiger partial charge in [-0.2, -0.15) is 5.26 Å². The topological polar surface area (TPSA) is 33.0 Å². The van der Waals surface area contributed by atoms with E-state index in [0.717, 1.165) is 5.56 Å². The Morgan fingerprint density at radius 2 is 1.94 bits per heavy atom. The first-order chi connectivity index (χ1) is 8.33. The van der Waals surface area contributed by atoms with Gasteiger partial charge < -0.3 is 4.74 Å². The van der Waals surface area contributed by atoms with E-state index in [9.17, 15) is 0 Å². The molecule has 0 unspecified atom stereocenters. The number of nitrogens with zero attached hydrogens (tertiary/aromatic N) is 1. The Labute approximate surface area is 105 Å². The maximum absolute atomic E-state index is 8.95. The predicted octanol–water partition coefficient (Wildman–Crippen LogP) is 4.09. The highest BCUT2D eigenvalue weighted by Crippen LogP contribution is 2.25. The molecule has 17 heavy (non-hydrogen) atoms. The van der Waals surface area contributed by atoms with Crippen LogP contribution < -0.4 is 4.74 Å². The largest absolute Gasteiger partial charge is 0.456 e. The molecule has 0 spiro atoms. The highest BCUT2D eigenvalue weighted by molar-refractivity contribution is 6.17. The van der Waals surface area contributed by atoms with Crippen LogP contribution >= 0.6 is 11.6 Å². The van der Waals surface area contributed by atoms with Gasteiger partial charge in [0.1, 0.15) is 17.6 Å². The quantitative estimate of drug-likeness (QED) is 0.761. The molecule has 84 valence electrons. The van der Waals surface area contributed by atoms with Crippen molar-refractivity contribution in [2.45, 2.75) is 5.88 Å². The summed E-state index contributed by atoms with van der Waals surface area (Å²) in [6.07, 6.45) is 0. The van der Waals surface area contributed by atoms with Crippen LogP contribution in [0.15, 0.2) is 48.5 Å². The zero-order chi connectivity index (χ0) is 12.1. The fraction of sp³-hybridized carbons (Fsp3) is 0.0714. The van der Waals surface area contributed by atoms with Gasteiger partial charge in [0, 0.05) is 5.88 Å². The monoisotopic (exact) mass is 243 g/mol. The summed E-state index contributed by atoms with van der Waals surface area (Å²) < 4.78 is 5.66. The summed E-state index contributed by atoms with van der Waals surface area (Å²) in [6.45, 7) is 0. The first-order valence-electron chi connectivity index (χ1n) is 5.15. The summed E-state index contributed by atoms with van der Waals surface area (Å²) in [5.41, 5.74) is 1.50. The van der Waals surface area contributed by atoms with Crippen LogP contribution in [0.3, 0.4) is 0 Å². The zero-order valence-corrected chi connectivity index (χ0v) is 9.82. The number of alkyl halides is 1. The van der Waals surface area contributed by atoms with Crippen LogP contribution in [0.5, 0.6) is 11.5 Å². The van der Waals surface area contributed by atoms with E-state index < -0.39 is 0 Å². The van der Waals surface area contributed by atoms with E-state index in [1.54, 1.807) is 18.2 Å². The molecule has 0 atom stereocenters. The molecular weight excluding hydrogens is 234 g/mol. The lowest BCUT2D eigenvalue weighted by molar-refractivity contribution is 0.480. The van der Waals surface area contributed by atoms with Gasteiger partial charge in [-0.25, -0.2) is 0 Å². The van der Waals surface area contributed by atoms with E-state index in [2.05, 4.69) is 6.07 Å². The van der Waals surface area contributed by atoms with E-state index in [0.29, 0.717) is 22.9 Å². The van der Waals surface area contributed by atoms with E-state index >= 15 is 0 Å². The summed E-state index contributed by atoms with van der Waals surface area (Å²) in [7, 11) is 0. The normalized spacial score (nSPS) is 9.65. The molecule has 0 fully saturated rings. The summed E-state index contributed by atoms with van der Waals surface area (Å²) in [4.78, 5) is 0. The van der Waals surface area contributed by atoms with Crippen LogP contribution in [0.25, 0.3) is 0 Å². The third-order valence-electron chi connectivity index (χ3n) is 2.29. The van der Waals surface area contributed by atoms with Gasteiger partial charge in [-0.15, -0.1) is 11.6 Å². The Bertz CT molecular complexity index is 560. The summed E-state index contributed by atoms with van der Waals surface area (Å²) in [5.74, 6) is 1.68. The number of nitriles is 1. The zero-order valence-electron chi connectivity index (χ0n) is 9.06. The van der Waals surface area contributed by atoms with Crippen LogP contribution in [0, 0.1) is 11.3 Å². The van der Waals surface area contributed by atoms with E-state index in [4.69, 9.17) is 21.6 Å². The molecule has 0 amide bonds. The predicted molar refractivity (Wildman–Crippen MR) is 67.2 cm³/mol. The smallest absolute Gasteiger partial charge is 0.145 e. The van der Waals surface area contributed by atoms with Crippen molar-refractivity contribution in [2.24, 2.45) is 0 Å². The fourth-order valence-electron chi connectivity index (χ4n) is 1.47. The van der Waals surface area contributed by atoms with Crippen molar-refractivity contribution in [1.29, 1.82) is 5.26 Å². The molecule has 0 heterocycles. The first kappa shape index (κ1) is 11.5. The second kappa shape index (κ2) is 5.38. The van der Waals surface area contributed by atoms with Crippen molar-refractivity contribution >= 4 is 11.6 Å². The second-order valence-corrected chi connectivity index (χ2v) is 3.76. The molecule has 0 saturated carbocycles. The van der Waals surface area contributed by atoms with E-state index in [1.165, 1.54) is 0 Å². The average molecular weight is 244 g/mol. The molecule has 0 aliphatic heterocycles. The van der Waals surface area contributed by atoms with E-state index in [1.807, 2.05) is 30.3 Å². The van der Waals surface area contributed by atoms with Crippen molar-refractivity contribution in [1.82, 2.24) is 0 Å². The van der Waals surface area contributed by atoms with Gasteiger partial charge in [0.25, 0.3) is 0 Å². The van der Waals surface area contributed by atoms with Crippen LogP contribution in [-0.2, 0) is 5.88 Å². The van der Waals surface area contributed by atoms with Crippen LogP contribution in [0.4, 0.5) is 0 Å². The number of hydrogen-bond donors (Lipinski definition) is 0. The molecule has 2 nitrogen and oxygen atoms in total. The number of para-hydroxylation sites is 1. The fourth-order valence-corrected chi connectivity index (χ4v) is 1.63. The van der Waals surface area contributed by atoms with Crippen LogP contribution in [0.2, 0.25) is 0 Å². The Balaban J connectivity index is 2.28. The van der Waals surface area contributed by atoms with E-state index in [-0.39, 0.29) is 0 Å². The van der Waals surface area contributed by atoms with Crippen molar-refractivity contribution < 1.29 is 4.74 Å². The minimum atomic E-state index is 0.442. The number of hydrogen-bond acceptors (Lipinski definition) is 2. The third-order valence-corrected chi connectivity index (χ3v) is 2.60. The molecule has 0 aliphatic carbocycles. The molecule has 2 aromatic carbocycles. The van der Waals surface area contributed by atoms with Crippen LogP contribution in [0.1, 0.15) is 11.1 Å². The molecule has 0 saturated heterocycles. The van der Waals surface area contributed by atoms with Gasteiger partial charge in [-0.1, -0.05) is 24.3 Å².